The van der Waals surface area contributed by atoms with E-state index in [1.54, 1.807) is 0 Å². The van der Waals surface area contributed by atoms with Gasteiger partial charge in [-0.15, -0.1) is 0 Å². The molecule has 1 amide bonds. The smallest absolute Gasteiger partial charge is 0.263 e. The van der Waals surface area contributed by atoms with E-state index in [2.05, 4.69) is 15.7 Å². The summed E-state index contributed by atoms with van der Waals surface area (Å²) in [6, 6.07) is 9.78. The summed E-state index contributed by atoms with van der Waals surface area (Å²) in [6.07, 6.45) is 2.96. The highest BCUT2D eigenvalue weighted by Crippen LogP contribution is 2.16. The third-order valence-electron chi connectivity index (χ3n) is 3.68. The Hall–Kier alpha value is -2.34. The molecule has 2 N–H and O–H groups in total. The van der Waals surface area contributed by atoms with Gasteiger partial charge in [-0.05, 0) is 32.0 Å². The Bertz CT molecular complexity index is 630. The van der Waals surface area contributed by atoms with Gasteiger partial charge >= 0.3 is 0 Å². The van der Waals surface area contributed by atoms with Gasteiger partial charge in [0, 0.05) is 18.8 Å². The first-order valence-electron chi connectivity index (χ1n) is 7.46. The topological polar surface area (TPSA) is 68.2 Å². The van der Waals surface area contributed by atoms with Gasteiger partial charge in [-0.2, -0.15) is 5.10 Å². The predicted octanol–water partition coefficient (Wildman–Crippen LogP) is 1.74. The number of amides is 1. The SMILES string of the molecule is Cc1ccc(OCC(=O)Nc2ccn([C@H]3CCNC3)n2)cc1. The summed E-state index contributed by atoms with van der Waals surface area (Å²) in [5, 5.41) is 10.4. The molecule has 1 saturated heterocycles. The molecule has 3 rings (SSSR count). The molecule has 0 unspecified atom stereocenters. The van der Waals surface area contributed by atoms with Crippen molar-refractivity contribution in [1.29, 1.82) is 0 Å². The normalized spacial score (nSPS) is 17.4. The van der Waals surface area contributed by atoms with Crippen molar-refractivity contribution in [3.05, 3.63) is 42.1 Å². The molecule has 1 aromatic heterocycles. The molecule has 0 spiro atoms. The maximum atomic E-state index is 11.9. The van der Waals surface area contributed by atoms with E-state index in [0.29, 0.717) is 17.6 Å². The van der Waals surface area contributed by atoms with E-state index in [4.69, 9.17) is 4.74 Å². The molecule has 1 atom stereocenters. The highest BCUT2D eigenvalue weighted by molar-refractivity contribution is 5.90. The van der Waals surface area contributed by atoms with Gasteiger partial charge in [0.25, 0.3) is 5.91 Å². The van der Waals surface area contributed by atoms with Gasteiger partial charge in [0.05, 0.1) is 6.04 Å². The molecule has 1 aromatic carbocycles. The molecule has 1 aliphatic rings. The van der Waals surface area contributed by atoms with Crippen LogP contribution in [0.2, 0.25) is 0 Å². The number of hydrogen-bond acceptors (Lipinski definition) is 4. The molecule has 0 bridgehead atoms. The molecule has 116 valence electrons. The van der Waals surface area contributed by atoms with Crippen molar-refractivity contribution in [2.75, 3.05) is 25.0 Å². The largest absolute Gasteiger partial charge is 0.484 e. The summed E-state index contributed by atoms with van der Waals surface area (Å²) in [6.45, 7) is 3.91. The number of aryl methyl sites for hydroxylation is 1. The average Bonchev–Trinajstić information content (AvgIpc) is 3.17. The van der Waals surface area contributed by atoms with Gasteiger partial charge in [-0.25, -0.2) is 0 Å². The van der Waals surface area contributed by atoms with Crippen LogP contribution in [-0.4, -0.2) is 35.4 Å². The second-order valence-electron chi connectivity index (χ2n) is 5.48. The first-order valence-corrected chi connectivity index (χ1v) is 7.46. The summed E-state index contributed by atoms with van der Waals surface area (Å²) in [5.74, 6) is 1.03. The monoisotopic (exact) mass is 300 g/mol. The number of benzene rings is 1. The number of hydrogen-bond donors (Lipinski definition) is 2. The molecule has 1 fully saturated rings. The molecule has 22 heavy (non-hydrogen) atoms. The fraction of sp³-hybridized carbons (Fsp3) is 0.375. The first kappa shape index (κ1) is 14.6. The second-order valence-corrected chi connectivity index (χ2v) is 5.48. The van der Waals surface area contributed by atoms with Crippen LogP contribution in [0.4, 0.5) is 5.82 Å². The summed E-state index contributed by atoms with van der Waals surface area (Å²) < 4.78 is 7.34. The van der Waals surface area contributed by atoms with Crippen LogP contribution in [0.15, 0.2) is 36.5 Å². The fourth-order valence-electron chi connectivity index (χ4n) is 2.44. The first-order chi connectivity index (χ1) is 10.7. The van der Waals surface area contributed by atoms with E-state index in [1.807, 2.05) is 48.1 Å². The van der Waals surface area contributed by atoms with Crippen molar-refractivity contribution in [2.24, 2.45) is 0 Å². The number of carbonyl (C=O) groups is 1. The maximum absolute atomic E-state index is 11.9. The van der Waals surface area contributed by atoms with Crippen molar-refractivity contribution >= 4 is 11.7 Å². The van der Waals surface area contributed by atoms with Crippen LogP contribution >= 0.6 is 0 Å². The fourth-order valence-corrected chi connectivity index (χ4v) is 2.44. The van der Waals surface area contributed by atoms with E-state index < -0.39 is 0 Å². The Kier molecular flexibility index (Phi) is 4.39. The number of ether oxygens (including phenoxy) is 1. The van der Waals surface area contributed by atoms with Gasteiger partial charge in [0.15, 0.2) is 12.4 Å². The standard InChI is InChI=1S/C16H20N4O2/c1-12-2-4-14(5-3-12)22-11-16(21)18-15-7-9-20(19-15)13-6-8-17-10-13/h2-5,7,9,13,17H,6,8,10-11H2,1H3,(H,18,19,21)/t13-/m0/s1. The molecule has 6 heteroatoms. The van der Waals surface area contributed by atoms with E-state index in [-0.39, 0.29) is 12.5 Å². The van der Waals surface area contributed by atoms with Crippen molar-refractivity contribution in [3.63, 3.8) is 0 Å². The number of nitrogens with zero attached hydrogens (tertiary/aromatic N) is 2. The summed E-state index contributed by atoms with van der Waals surface area (Å²) >= 11 is 0. The lowest BCUT2D eigenvalue weighted by molar-refractivity contribution is -0.118. The maximum Gasteiger partial charge on any atom is 0.263 e. The number of nitrogens with one attached hydrogen (secondary N) is 2. The van der Waals surface area contributed by atoms with E-state index in [9.17, 15) is 4.79 Å². The van der Waals surface area contributed by atoms with Gasteiger partial charge < -0.3 is 15.4 Å². The van der Waals surface area contributed by atoms with Crippen LogP contribution in [0.3, 0.4) is 0 Å². The summed E-state index contributed by atoms with van der Waals surface area (Å²) in [7, 11) is 0. The molecular formula is C16H20N4O2. The minimum Gasteiger partial charge on any atom is -0.484 e. The molecule has 2 aromatic rings. The van der Waals surface area contributed by atoms with Crippen LogP contribution < -0.4 is 15.4 Å². The number of carbonyl (C=O) groups excluding carboxylic acids is 1. The average molecular weight is 300 g/mol. The van der Waals surface area contributed by atoms with E-state index in [1.165, 1.54) is 0 Å². The van der Waals surface area contributed by atoms with Crippen LogP contribution in [0.25, 0.3) is 0 Å². The highest BCUT2D eigenvalue weighted by atomic mass is 16.5. The Morgan fingerprint density at radius 3 is 2.95 bits per heavy atom. The Balaban J connectivity index is 1.50. The summed E-state index contributed by atoms with van der Waals surface area (Å²) in [4.78, 5) is 11.9. The van der Waals surface area contributed by atoms with Crippen LogP contribution in [0, 0.1) is 6.92 Å². The molecule has 0 radical (unpaired) electrons. The van der Waals surface area contributed by atoms with Crippen molar-refractivity contribution in [3.8, 4) is 5.75 Å². The van der Waals surface area contributed by atoms with Crippen LogP contribution in [0.5, 0.6) is 5.75 Å². The number of anilines is 1. The molecule has 6 nitrogen and oxygen atoms in total. The molecule has 1 aliphatic heterocycles. The molecular weight excluding hydrogens is 280 g/mol. The third kappa shape index (κ3) is 3.65. The Morgan fingerprint density at radius 1 is 1.41 bits per heavy atom. The zero-order chi connectivity index (χ0) is 15.4. The van der Waals surface area contributed by atoms with E-state index in [0.717, 1.165) is 25.1 Å². The number of aromatic nitrogens is 2. The predicted molar refractivity (Wildman–Crippen MR) is 84.1 cm³/mol. The highest BCUT2D eigenvalue weighted by Gasteiger charge is 2.17. The van der Waals surface area contributed by atoms with Crippen LogP contribution in [0.1, 0.15) is 18.0 Å². The second kappa shape index (κ2) is 6.62. The zero-order valence-corrected chi connectivity index (χ0v) is 12.6. The van der Waals surface area contributed by atoms with Crippen molar-refractivity contribution < 1.29 is 9.53 Å². The third-order valence-corrected chi connectivity index (χ3v) is 3.68. The quantitative estimate of drug-likeness (QED) is 0.882. The minimum absolute atomic E-state index is 0.0269. The van der Waals surface area contributed by atoms with Crippen molar-refractivity contribution in [1.82, 2.24) is 15.1 Å². The van der Waals surface area contributed by atoms with Gasteiger partial charge in [-0.3, -0.25) is 9.48 Å². The molecule has 0 aliphatic carbocycles. The minimum atomic E-state index is -0.213. The van der Waals surface area contributed by atoms with Crippen molar-refractivity contribution in [2.45, 2.75) is 19.4 Å². The van der Waals surface area contributed by atoms with Gasteiger partial charge in [0.2, 0.25) is 0 Å². The van der Waals surface area contributed by atoms with Gasteiger partial charge in [0.1, 0.15) is 5.75 Å². The lowest BCUT2D eigenvalue weighted by Crippen LogP contribution is -2.21. The number of rotatable bonds is 5. The zero-order valence-electron chi connectivity index (χ0n) is 12.6. The summed E-state index contributed by atoms with van der Waals surface area (Å²) in [5.41, 5.74) is 1.16. The molecule has 2 heterocycles. The van der Waals surface area contributed by atoms with Crippen LogP contribution in [-0.2, 0) is 4.79 Å². The lowest BCUT2D eigenvalue weighted by Gasteiger charge is -2.08. The van der Waals surface area contributed by atoms with E-state index >= 15 is 0 Å². The van der Waals surface area contributed by atoms with Gasteiger partial charge in [-0.1, -0.05) is 17.7 Å². The lowest BCUT2D eigenvalue weighted by atomic mass is 10.2. The Morgan fingerprint density at radius 2 is 2.23 bits per heavy atom. The Labute approximate surface area is 129 Å². The molecule has 0 saturated carbocycles.